The van der Waals surface area contributed by atoms with E-state index >= 15 is 0 Å². The Morgan fingerprint density at radius 3 is 2.81 bits per heavy atom. The molecule has 2 rings (SSSR count). The molecule has 0 aliphatic carbocycles. The summed E-state index contributed by atoms with van der Waals surface area (Å²) in [5.74, 6) is 0.390. The smallest absolute Gasteiger partial charge is 0.299 e. The molecular weight excluding hydrogens is 209 g/mol. The average Bonchev–Trinajstić information content (AvgIpc) is 2.52. The molecule has 0 fully saturated rings. The van der Waals surface area contributed by atoms with Gasteiger partial charge in [0, 0.05) is 13.0 Å². The quantitative estimate of drug-likeness (QED) is 0.554. The van der Waals surface area contributed by atoms with Crippen molar-refractivity contribution < 1.29 is 14.0 Å². The fourth-order valence-electron chi connectivity index (χ4n) is 1.70. The van der Waals surface area contributed by atoms with E-state index in [0.717, 1.165) is 4.90 Å². The van der Waals surface area contributed by atoms with Crippen molar-refractivity contribution >= 4 is 17.4 Å². The summed E-state index contributed by atoms with van der Waals surface area (Å²) in [5, 5.41) is 0. The van der Waals surface area contributed by atoms with Gasteiger partial charge in [-0.3, -0.25) is 9.59 Å². The lowest BCUT2D eigenvalue weighted by molar-refractivity contribution is -0.114. The molecular formula is C12H8FNO2. The molecule has 1 heterocycles. The first-order valence-electron chi connectivity index (χ1n) is 4.75. The maximum atomic E-state index is 13.5. The molecule has 0 aromatic heterocycles. The zero-order valence-electron chi connectivity index (χ0n) is 8.37. The molecule has 3 nitrogen and oxygen atoms in total. The van der Waals surface area contributed by atoms with Gasteiger partial charge in [0.2, 0.25) is 0 Å². The maximum absolute atomic E-state index is 13.5. The summed E-state index contributed by atoms with van der Waals surface area (Å²) < 4.78 is 13.5. The van der Waals surface area contributed by atoms with Crippen LogP contribution in [0.3, 0.4) is 0 Å². The van der Waals surface area contributed by atoms with Gasteiger partial charge in [0.05, 0.1) is 11.3 Å². The Labute approximate surface area is 91.9 Å². The van der Waals surface area contributed by atoms with Crippen LogP contribution < -0.4 is 4.90 Å². The Morgan fingerprint density at radius 1 is 1.38 bits per heavy atom. The zero-order valence-corrected chi connectivity index (χ0v) is 8.37. The number of terminal acetylenes is 1. The number of ketones is 1. The number of Topliss-reactive ketones (excluding diaryl/α,β-unsaturated/α-hetero) is 1. The summed E-state index contributed by atoms with van der Waals surface area (Å²) in [6.45, 7) is 0.162. The number of hydrogen-bond donors (Lipinski definition) is 0. The van der Waals surface area contributed by atoms with Gasteiger partial charge >= 0.3 is 0 Å². The van der Waals surface area contributed by atoms with Crippen LogP contribution in [0.5, 0.6) is 0 Å². The van der Waals surface area contributed by atoms with Gasteiger partial charge in [0.15, 0.2) is 0 Å². The Balaban J connectivity index is 2.48. The fourth-order valence-corrected chi connectivity index (χ4v) is 1.70. The van der Waals surface area contributed by atoms with E-state index in [4.69, 9.17) is 6.42 Å². The molecule has 1 amide bonds. The third kappa shape index (κ3) is 1.38. The molecule has 0 saturated heterocycles. The third-order valence-electron chi connectivity index (χ3n) is 2.42. The number of carbonyl (C=O) groups is 2. The number of rotatable bonds is 2. The molecule has 0 unspecified atom stereocenters. The van der Waals surface area contributed by atoms with Crippen molar-refractivity contribution in [3.8, 4) is 12.3 Å². The number of hydrogen-bond acceptors (Lipinski definition) is 2. The number of fused-ring (bicyclic) bond motifs is 1. The minimum atomic E-state index is -0.713. The van der Waals surface area contributed by atoms with Crippen molar-refractivity contribution in [3.63, 3.8) is 0 Å². The van der Waals surface area contributed by atoms with Gasteiger partial charge in [-0.2, -0.15) is 0 Å². The van der Waals surface area contributed by atoms with Gasteiger partial charge in [-0.05, 0) is 12.1 Å². The Morgan fingerprint density at radius 2 is 2.12 bits per heavy atom. The molecule has 0 atom stereocenters. The lowest BCUT2D eigenvalue weighted by Gasteiger charge is -2.14. The number of para-hydroxylation sites is 1. The lowest BCUT2D eigenvalue weighted by atomic mass is 10.1. The predicted octanol–water partition coefficient (Wildman–Crippen LogP) is 1.38. The van der Waals surface area contributed by atoms with Gasteiger partial charge in [-0.25, -0.2) is 4.39 Å². The number of anilines is 1. The second kappa shape index (κ2) is 3.78. The first-order valence-corrected chi connectivity index (χ1v) is 4.75. The highest BCUT2D eigenvalue weighted by Gasteiger charge is 2.37. The van der Waals surface area contributed by atoms with E-state index in [-0.39, 0.29) is 24.2 Å². The average molecular weight is 217 g/mol. The lowest BCUT2D eigenvalue weighted by Crippen LogP contribution is -2.30. The second-order valence-electron chi connectivity index (χ2n) is 3.38. The second-order valence-corrected chi connectivity index (χ2v) is 3.38. The standard InChI is InChI=1S/C12H8FNO2/c1-2-3-7-14-10-8(11(15)12(14)16)5-4-6-9(10)13/h1,4-6H,3,7H2. The highest BCUT2D eigenvalue weighted by atomic mass is 19.1. The van der Waals surface area contributed by atoms with Crippen LogP contribution in [0.4, 0.5) is 10.1 Å². The van der Waals surface area contributed by atoms with Crippen LogP contribution in [-0.4, -0.2) is 18.2 Å². The van der Waals surface area contributed by atoms with Crippen molar-refractivity contribution in [1.82, 2.24) is 0 Å². The Bertz CT molecular complexity index is 516. The topological polar surface area (TPSA) is 37.4 Å². The van der Waals surface area contributed by atoms with Crippen LogP contribution in [0.15, 0.2) is 18.2 Å². The van der Waals surface area contributed by atoms with Crippen LogP contribution in [0.2, 0.25) is 0 Å². The number of carbonyl (C=O) groups excluding carboxylic acids is 2. The van der Waals surface area contributed by atoms with E-state index in [0.29, 0.717) is 0 Å². The largest absolute Gasteiger partial charge is 0.301 e. The van der Waals surface area contributed by atoms with Crippen molar-refractivity contribution in [2.45, 2.75) is 6.42 Å². The zero-order chi connectivity index (χ0) is 11.7. The summed E-state index contributed by atoms with van der Waals surface area (Å²) in [4.78, 5) is 24.2. The summed E-state index contributed by atoms with van der Waals surface area (Å²) >= 11 is 0. The Hall–Kier alpha value is -2.15. The summed E-state index contributed by atoms with van der Waals surface area (Å²) in [6.07, 6.45) is 5.36. The van der Waals surface area contributed by atoms with E-state index in [1.165, 1.54) is 18.2 Å². The van der Waals surface area contributed by atoms with Gasteiger partial charge in [-0.1, -0.05) is 6.07 Å². The molecule has 0 saturated carbocycles. The monoisotopic (exact) mass is 217 g/mol. The number of halogens is 1. The van der Waals surface area contributed by atoms with Crippen LogP contribution in [0.1, 0.15) is 16.8 Å². The molecule has 0 N–H and O–H groups in total. The minimum absolute atomic E-state index is 0.0488. The van der Waals surface area contributed by atoms with Crippen LogP contribution >= 0.6 is 0 Å². The van der Waals surface area contributed by atoms with Crippen molar-refractivity contribution in [3.05, 3.63) is 29.6 Å². The molecule has 1 aliphatic heterocycles. The maximum Gasteiger partial charge on any atom is 0.299 e. The molecule has 1 aromatic rings. The molecule has 80 valence electrons. The van der Waals surface area contributed by atoms with E-state index < -0.39 is 17.5 Å². The highest BCUT2D eigenvalue weighted by Crippen LogP contribution is 2.31. The van der Waals surface area contributed by atoms with Crippen molar-refractivity contribution in [2.75, 3.05) is 11.4 Å². The molecule has 4 heteroatoms. The van der Waals surface area contributed by atoms with Crippen molar-refractivity contribution in [2.24, 2.45) is 0 Å². The van der Waals surface area contributed by atoms with E-state index in [9.17, 15) is 14.0 Å². The Kier molecular flexibility index (Phi) is 2.45. The summed E-state index contributed by atoms with van der Waals surface area (Å²) in [6, 6.07) is 4.06. The molecule has 1 aliphatic rings. The number of benzene rings is 1. The molecule has 0 spiro atoms. The van der Waals surface area contributed by atoms with Crippen molar-refractivity contribution in [1.29, 1.82) is 0 Å². The molecule has 16 heavy (non-hydrogen) atoms. The van der Waals surface area contributed by atoms with Crippen LogP contribution in [0, 0.1) is 18.2 Å². The normalized spacial score (nSPS) is 13.9. The van der Waals surface area contributed by atoms with Gasteiger partial charge < -0.3 is 4.90 Å². The van der Waals surface area contributed by atoms with Crippen LogP contribution in [0.25, 0.3) is 0 Å². The molecule has 0 radical (unpaired) electrons. The number of amides is 1. The fraction of sp³-hybridized carbons (Fsp3) is 0.167. The first kappa shape index (κ1) is 10.4. The SMILES string of the molecule is C#CCCN1C(=O)C(=O)c2cccc(F)c21. The summed E-state index contributed by atoms with van der Waals surface area (Å²) in [5.41, 5.74) is 0.162. The van der Waals surface area contributed by atoms with E-state index in [1.807, 2.05) is 0 Å². The van der Waals surface area contributed by atoms with Crippen LogP contribution in [-0.2, 0) is 4.79 Å². The molecule has 0 bridgehead atoms. The van der Waals surface area contributed by atoms with E-state index in [2.05, 4.69) is 5.92 Å². The predicted molar refractivity (Wildman–Crippen MR) is 56.5 cm³/mol. The van der Waals surface area contributed by atoms with E-state index in [1.54, 1.807) is 0 Å². The summed E-state index contributed by atoms with van der Waals surface area (Å²) in [7, 11) is 0. The minimum Gasteiger partial charge on any atom is -0.301 e. The van der Waals surface area contributed by atoms with Gasteiger partial charge in [-0.15, -0.1) is 12.3 Å². The highest BCUT2D eigenvalue weighted by molar-refractivity contribution is 6.52. The number of nitrogens with zero attached hydrogens (tertiary/aromatic N) is 1. The first-order chi connectivity index (χ1) is 7.66. The third-order valence-corrected chi connectivity index (χ3v) is 2.42. The van der Waals surface area contributed by atoms with Gasteiger partial charge in [0.1, 0.15) is 5.82 Å². The van der Waals surface area contributed by atoms with Gasteiger partial charge in [0.25, 0.3) is 11.7 Å². The molecule has 1 aromatic carbocycles.